The SMILES string of the molecule is CN=C(NCCc1ccc(OC)cc1Cl)NCc1cccc2cccnc12.I. The van der Waals surface area contributed by atoms with Gasteiger partial charge >= 0.3 is 0 Å². The molecule has 0 fully saturated rings. The van der Waals surface area contributed by atoms with Crippen LogP contribution in [-0.2, 0) is 13.0 Å². The standard InChI is InChI=1S/C21H23ClN4O.HI/c1-23-21(25-12-10-15-8-9-18(27-2)13-19(15)22)26-14-17-6-3-5-16-7-4-11-24-20(16)17;/h3-9,11,13H,10,12,14H2,1-2H3,(H2,23,25,26);1H. The topological polar surface area (TPSA) is 58.5 Å². The summed E-state index contributed by atoms with van der Waals surface area (Å²) in [5.41, 5.74) is 3.21. The van der Waals surface area contributed by atoms with Crippen LogP contribution in [0.1, 0.15) is 11.1 Å². The molecule has 148 valence electrons. The first-order chi connectivity index (χ1) is 13.2. The van der Waals surface area contributed by atoms with Gasteiger partial charge in [0.2, 0.25) is 0 Å². The van der Waals surface area contributed by atoms with Gasteiger partial charge in [0, 0.05) is 36.7 Å². The molecular formula is C21H24ClIN4O. The van der Waals surface area contributed by atoms with Crippen LogP contribution < -0.4 is 15.4 Å². The van der Waals surface area contributed by atoms with Crippen LogP contribution in [-0.4, -0.2) is 31.6 Å². The van der Waals surface area contributed by atoms with Crippen molar-refractivity contribution in [2.75, 3.05) is 20.7 Å². The zero-order valence-corrected chi connectivity index (χ0v) is 19.0. The Morgan fingerprint density at radius 2 is 1.93 bits per heavy atom. The van der Waals surface area contributed by atoms with Crippen LogP contribution in [0, 0.1) is 0 Å². The Labute approximate surface area is 187 Å². The molecule has 3 rings (SSSR count). The second kappa shape index (κ2) is 11.1. The van der Waals surface area contributed by atoms with Crippen molar-refractivity contribution in [3.63, 3.8) is 0 Å². The van der Waals surface area contributed by atoms with E-state index in [1.54, 1.807) is 14.2 Å². The minimum Gasteiger partial charge on any atom is -0.497 e. The van der Waals surface area contributed by atoms with Gasteiger partial charge in [-0.15, -0.1) is 24.0 Å². The van der Waals surface area contributed by atoms with E-state index >= 15 is 0 Å². The van der Waals surface area contributed by atoms with Crippen molar-refractivity contribution >= 4 is 52.4 Å². The van der Waals surface area contributed by atoms with Crippen LogP contribution in [0.3, 0.4) is 0 Å². The molecule has 0 unspecified atom stereocenters. The number of hydrogen-bond donors (Lipinski definition) is 2. The minimum atomic E-state index is 0. The molecular weight excluding hydrogens is 487 g/mol. The van der Waals surface area contributed by atoms with E-state index in [1.165, 1.54) is 0 Å². The Morgan fingerprint density at radius 3 is 2.68 bits per heavy atom. The van der Waals surface area contributed by atoms with E-state index in [1.807, 2.05) is 36.5 Å². The molecule has 0 aliphatic carbocycles. The van der Waals surface area contributed by atoms with E-state index in [0.717, 1.165) is 46.7 Å². The van der Waals surface area contributed by atoms with Crippen molar-refractivity contribution in [3.05, 3.63) is 70.9 Å². The lowest BCUT2D eigenvalue weighted by Crippen LogP contribution is -2.37. The third-order valence-corrected chi connectivity index (χ3v) is 4.69. The molecule has 0 saturated carbocycles. The number of guanidine groups is 1. The van der Waals surface area contributed by atoms with Crippen molar-refractivity contribution in [3.8, 4) is 5.75 Å². The minimum absolute atomic E-state index is 0. The molecule has 2 aromatic carbocycles. The summed E-state index contributed by atoms with van der Waals surface area (Å²) in [5.74, 6) is 1.51. The Morgan fingerprint density at radius 1 is 1.11 bits per heavy atom. The Bertz CT molecular complexity index is 943. The first-order valence-corrected chi connectivity index (χ1v) is 9.18. The molecule has 28 heavy (non-hydrogen) atoms. The first-order valence-electron chi connectivity index (χ1n) is 8.81. The molecule has 0 spiro atoms. The van der Waals surface area contributed by atoms with Crippen LogP contribution in [0.15, 0.2) is 59.7 Å². The molecule has 0 amide bonds. The van der Waals surface area contributed by atoms with Crippen molar-refractivity contribution in [2.45, 2.75) is 13.0 Å². The van der Waals surface area contributed by atoms with Crippen molar-refractivity contribution in [2.24, 2.45) is 4.99 Å². The zero-order valence-electron chi connectivity index (χ0n) is 15.9. The second-order valence-corrected chi connectivity index (χ2v) is 6.46. The largest absolute Gasteiger partial charge is 0.497 e. The normalized spacial score (nSPS) is 11.0. The predicted octanol–water partition coefficient (Wildman–Crippen LogP) is 4.42. The summed E-state index contributed by atoms with van der Waals surface area (Å²) in [7, 11) is 3.39. The van der Waals surface area contributed by atoms with Gasteiger partial charge in [-0.1, -0.05) is 41.9 Å². The van der Waals surface area contributed by atoms with Gasteiger partial charge in [-0.2, -0.15) is 0 Å². The third kappa shape index (κ3) is 5.72. The molecule has 1 aromatic heterocycles. The number of pyridine rings is 1. The number of aliphatic imine (C=N–C) groups is 1. The fraction of sp³-hybridized carbons (Fsp3) is 0.238. The second-order valence-electron chi connectivity index (χ2n) is 6.05. The Hall–Kier alpha value is -2.06. The fourth-order valence-corrected chi connectivity index (χ4v) is 3.15. The van der Waals surface area contributed by atoms with Gasteiger partial charge in [0.05, 0.1) is 12.6 Å². The number of ether oxygens (including phenoxy) is 1. The maximum Gasteiger partial charge on any atom is 0.191 e. The van der Waals surface area contributed by atoms with E-state index in [9.17, 15) is 0 Å². The lowest BCUT2D eigenvalue weighted by atomic mass is 10.1. The maximum absolute atomic E-state index is 6.29. The van der Waals surface area contributed by atoms with Gasteiger partial charge in [-0.05, 0) is 35.7 Å². The smallest absolute Gasteiger partial charge is 0.191 e. The van der Waals surface area contributed by atoms with Gasteiger partial charge in [-0.3, -0.25) is 9.98 Å². The van der Waals surface area contributed by atoms with Crippen LogP contribution in [0.5, 0.6) is 5.75 Å². The average Bonchev–Trinajstić information content (AvgIpc) is 2.71. The lowest BCUT2D eigenvalue weighted by molar-refractivity contribution is 0.414. The number of methoxy groups -OCH3 is 1. The van der Waals surface area contributed by atoms with E-state index < -0.39 is 0 Å². The van der Waals surface area contributed by atoms with E-state index in [-0.39, 0.29) is 24.0 Å². The molecule has 5 nitrogen and oxygen atoms in total. The number of aromatic nitrogens is 1. The van der Waals surface area contributed by atoms with Gasteiger partial charge in [-0.25, -0.2) is 0 Å². The summed E-state index contributed by atoms with van der Waals surface area (Å²) in [4.78, 5) is 8.77. The number of para-hydroxylation sites is 1. The average molecular weight is 511 g/mol. The molecule has 1 heterocycles. The highest BCUT2D eigenvalue weighted by Crippen LogP contribution is 2.22. The number of fused-ring (bicyclic) bond motifs is 1. The number of hydrogen-bond acceptors (Lipinski definition) is 3. The van der Waals surface area contributed by atoms with Gasteiger partial charge in [0.25, 0.3) is 0 Å². The molecule has 2 N–H and O–H groups in total. The summed E-state index contributed by atoms with van der Waals surface area (Å²) in [5, 5.41) is 8.51. The Balaban J connectivity index is 0.00000280. The van der Waals surface area contributed by atoms with Crippen molar-refractivity contribution < 1.29 is 4.74 Å². The number of benzene rings is 2. The van der Waals surface area contributed by atoms with Crippen LogP contribution >= 0.6 is 35.6 Å². The van der Waals surface area contributed by atoms with Crippen LogP contribution in [0.25, 0.3) is 10.9 Å². The monoisotopic (exact) mass is 510 g/mol. The van der Waals surface area contributed by atoms with Gasteiger partial charge in [0.15, 0.2) is 5.96 Å². The molecule has 3 aromatic rings. The van der Waals surface area contributed by atoms with Crippen LogP contribution in [0.2, 0.25) is 5.02 Å². The lowest BCUT2D eigenvalue weighted by Gasteiger charge is -2.13. The molecule has 0 aliphatic heterocycles. The van der Waals surface area contributed by atoms with E-state index in [2.05, 4.69) is 38.8 Å². The number of rotatable bonds is 6. The zero-order chi connectivity index (χ0) is 19.1. The quantitative estimate of drug-likeness (QED) is 0.293. The number of nitrogens with one attached hydrogen (secondary N) is 2. The Kier molecular flexibility index (Phi) is 8.79. The van der Waals surface area contributed by atoms with Crippen molar-refractivity contribution in [1.82, 2.24) is 15.6 Å². The van der Waals surface area contributed by atoms with Gasteiger partial charge < -0.3 is 15.4 Å². The number of nitrogens with zero attached hydrogens (tertiary/aromatic N) is 2. The number of halogens is 2. The molecule has 0 atom stereocenters. The summed E-state index contributed by atoms with van der Waals surface area (Å²) < 4.78 is 5.18. The molecule has 0 saturated heterocycles. The predicted molar refractivity (Wildman–Crippen MR) is 127 cm³/mol. The van der Waals surface area contributed by atoms with E-state index in [0.29, 0.717) is 11.6 Å². The summed E-state index contributed by atoms with van der Waals surface area (Å²) >= 11 is 6.29. The first kappa shape index (κ1) is 22.2. The third-order valence-electron chi connectivity index (χ3n) is 4.33. The molecule has 0 radical (unpaired) electrons. The highest BCUT2D eigenvalue weighted by molar-refractivity contribution is 14.0. The summed E-state index contributed by atoms with van der Waals surface area (Å²) in [6.45, 7) is 1.37. The molecule has 0 bridgehead atoms. The molecule has 7 heteroatoms. The van der Waals surface area contributed by atoms with Gasteiger partial charge in [0.1, 0.15) is 5.75 Å². The van der Waals surface area contributed by atoms with Crippen LogP contribution in [0.4, 0.5) is 0 Å². The summed E-state index contributed by atoms with van der Waals surface area (Å²) in [6, 6.07) is 15.9. The fourth-order valence-electron chi connectivity index (χ4n) is 2.88. The highest BCUT2D eigenvalue weighted by Gasteiger charge is 2.05. The molecule has 0 aliphatic rings. The maximum atomic E-state index is 6.29. The van der Waals surface area contributed by atoms with E-state index in [4.69, 9.17) is 16.3 Å². The van der Waals surface area contributed by atoms with Crippen molar-refractivity contribution in [1.29, 1.82) is 0 Å². The summed E-state index contributed by atoms with van der Waals surface area (Å²) in [6.07, 6.45) is 2.61. The highest BCUT2D eigenvalue weighted by atomic mass is 127.